The molecule has 0 radical (unpaired) electrons. The first-order valence-corrected chi connectivity index (χ1v) is 3.47. The van der Waals surface area contributed by atoms with Crippen LogP contribution in [0.4, 0.5) is 0 Å². The normalized spacial score (nSPS) is 10.6. The Labute approximate surface area is 65.4 Å². The molecule has 0 bridgehead atoms. The smallest absolute Gasteiger partial charge is 0.0809 e. The Morgan fingerprint density at radius 2 is 2.36 bits per heavy atom. The minimum absolute atomic E-state index is 0.177. The van der Waals surface area contributed by atoms with Crippen LogP contribution in [-0.2, 0) is 0 Å². The summed E-state index contributed by atoms with van der Waals surface area (Å²) in [5, 5.41) is 8.46. The van der Waals surface area contributed by atoms with Crippen LogP contribution in [0.25, 0.3) is 6.08 Å². The van der Waals surface area contributed by atoms with E-state index in [-0.39, 0.29) is 6.61 Å². The lowest BCUT2D eigenvalue weighted by Crippen LogP contribution is -1.81. The molecule has 0 aliphatic rings. The quantitative estimate of drug-likeness (QED) is 0.695. The molecule has 3 nitrogen and oxygen atoms in total. The molecule has 3 heteroatoms. The van der Waals surface area contributed by atoms with Gasteiger partial charge < -0.3 is 5.11 Å². The van der Waals surface area contributed by atoms with Crippen LogP contribution in [0.2, 0.25) is 0 Å². The van der Waals surface area contributed by atoms with Gasteiger partial charge in [0, 0.05) is 19.0 Å². The highest BCUT2D eigenvalue weighted by atomic mass is 16.2. The van der Waals surface area contributed by atoms with E-state index in [4.69, 9.17) is 5.11 Å². The van der Waals surface area contributed by atoms with Crippen molar-refractivity contribution in [2.45, 2.75) is 6.42 Å². The highest BCUT2D eigenvalue weighted by Crippen LogP contribution is 1.94. The summed E-state index contributed by atoms with van der Waals surface area (Å²) in [6.45, 7) is 0.177. The molecule has 11 heavy (non-hydrogen) atoms. The highest BCUT2D eigenvalue weighted by Gasteiger charge is 1.83. The second kappa shape index (κ2) is 4.57. The molecule has 0 saturated carbocycles. The molecule has 0 fully saturated rings. The van der Waals surface area contributed by atoms with E-state index < -0.39 is 0 Å². The standard InChI is InChI=1S/C8H10N2O/c11-6-2-1-3-8-7-9-4-5-10-8/h1,3-5,7,11H,2,6H2. The SMILES string of the molecule is OCCC=Cc1cnccn1. The van der Waals surface area contributed by atoms with Crippen LogP contribution in [0, 0.1) is 0 Å². The Bertz CT molecular complexity index is 221. The van der Waals surface area contributed by atoms with E-state index in [0.717, 1.165) is 5.69 Å². The predicted molar refractivity (Wildman–Crippen MR) is 42.8 cm³/mol. The van der Waals surface area contributed by atoms with E-state index in [0.29, 0.717) is 6.42 Å². The van der Waals surface area contributed by atoms with E-state index in [1.807, 2.05) is 12.2 Å². The van der Waals surface area contributed by atoms with Gasteiger partial charge in [0.2, 0.25) is 0 Å². The zero-order chi connectivity index (χ0) is 7.94. The molecular weight excluding hydrogens is 140 g/mol. The zero-order valence-corrected chi connectivity index (χ0v) is 6.14. The molecule has 0 aliphatic carbocycles. The molecule has 1 aromatic heterocycles. The van der Waals surface area contributed by atoms with Gasteiger partial charge >= 0.3 is 0 Å². The molecule has 0 atom stereocenters. The molecule has 1 aromatic rings. The number of aromatic nitrogens is 2. The molecule has 1 heterocycles. The van der Waals surface area contributed by atoms with Crippen molar-refractivity contribution >= 4 is 6.08 Å². The first-order chi connectivity index (χ1) is 5.43. The van der Waals surface area contributed by atoms with E-state index >= 15 is 0 Å². The van der Waals surface area contributed by atoms with Gasteiger partial charge in [-0.15, -0.1) is 0 Å². The largest absolute Gasteiger partial charge is 0.396 e. The fourth-order valence-electron chi connectivity index (χ4n) is 0.675. The second-order valence-electron chi connectivity index (χ2n) is 2.04. The van der Waals surface area contributed by atoms with Crippen LogP contribution in [0.1, 0.15) is 12.1 Å². The maximum Gasteiger partial charge on any atom is 0.0809 e. The van der Waals surface area contributed by atoms with Crippen LogP contribution in [-0.4, -0.2) is 21.7 Å². The van der Waals surface area contributed by atoms with Gasteiger partial charge in [-0.3, -0.25) is 9.97 Å². The summed E-state index contributed by atoms with van der Waals surface area (Å²) in [6.07, 6.45) is 9.31. The van der Waals surface area contributed by atoms with Crippen LogP contribution >= 0.6 is 0 Å². The van der Waals surface area contributed by atoms with Crippen molar-refractivity contribution in [3.63, 3.8) is 0 Å². The summed E-state index contributed by atoms with van der Waals surface area (Å²) in [7, 11) is 0. The molecule has 0 amide bonds. The molecule has 0 saturated heterocycles. The van der Waals surface area contributed by atoms with Crippen molar-refractivity contribution in [1.29, 1.82) is 0 Å². The fraction of sp³-hybridized carbons (Fsp3) is 0.250. The Morgan fingerprint density at radius 3 is 3.00 bits per heavy atom. The number of nitrogens with zero attached hydrogens (tertiary/aromatic N) is 2. The Balaban J connectivity index is 2.50. The van der Waals surface area contributed by atoms with Crippen molar-refractivity contribution in [1.82, 2.24) is 9.97 Å². The average molecular weight is 150 g/mol. The lowest BCUT2D eigenvalue weighted by Gasteiger charge is -1.88. The maximum atomic E-state index is 8.46. The summed E-state index contributed by atoms with van der Waals surface area (Å²) in [5.41, 5.74) is 0.820. The number of rotatable bonds is 3. The number of aliphatic hydroxyl groups excluding tert-OH is 1. The van der Waals surface area contributed by atoms with Crippen LogP contribution in [0.3, 0.4) is 0 Å². The molecule has 0 unspecified atom stereocenters. The number of hydrogen-bond donors (Lipinski definition) is 1. The number of aliphatic hydroxyl groups is 1. The number of hydrogen-bond acceptors (Lipinski definition) is 3. The van der Waals surface area contributed by atoms with Gasteiger partial charge in [-0.2, -0.15) is 0 Å². The van der Waals surface area contributed by atoms with Crippen molar-refractivity contribution in [2.75, 3.05) is 6.61 Å². The van der Waals surface area contributed by atoms with Crippen molar-refractivity contribution in [2.24, 2.45) is 0 Å². The van der Waals surface area contributed by atoms with E-state index in [1.165, 1.54) is 0 Å². The van der Waals surface area contributed by atoms with Crippen molar-refractivity contribution in [3.8, 4) is 0 Å². The summed E-state index contributed by atoms with van der Waals surface area (Å²) in [4.78, 5) is 7.91. The molecule has 1 rings (SSSR count). The fourth-order valence-corrected chi connectivity index (χ4v) is 0.675. The minimum Gasteiger partial charge on any atom is -0.396 e. The Morgan fingerprint density at radius 1 is 1.45 bits per heavy atom. The molecule has 0 aromatic carbocycles. The van der Waals surface area contributed by atoms with Crippen LogP contribution in [0.15, 0.2) is 24.7 Å². The van der Waals surface area contributed by atoms with E-state index in [9.17, 15) is 0 Å². The van der Waals surface area contributed by atoms with Crippen molar-refractivity contribution < 1.29 is 5.11 Å². The molecule has 58 valence electrons. The average Bonchev–Trinajstić information content (AvgIpc) is 2.07. The summed E-state index contributed by atoms with van der Waals surface area (Å²) in [5.74, 6) is 0. The van der Waals surface area contributed by atoms with Crippen LogP contribution in [0.5, 0.6) is 0 Å². The van der Waals surface area contributed by atoms with Gasteiger partial charge in [-0.1, -0.05) is 6.08 Å². The van der Waals surface area contributed by atoms with Gasteiger partial charge in [0.05, 0.1) is 11.9 Å². The van der Waals surface area contributed by atoms with Gasteiger partial charge in [-0.25, -0.2) is 0 Å². The van der Waals surface area contributed by atoms with E-state index in [2.05, 4.69) is 9.97 Å². The zero-order valence-electron chi connectivity index (χ0n) is 6.14. The minimum atomic E-state index is 0.177. The van der Waals surface area contributed by atoms with Gasteiger partial charge in [0.25, 0.3) is 0 Å². The monoisotopic (exact) mass is 150 g/mol. The maximum absolute atomic E-state index is 8.46. The van der Waals surface area contributed by atoms with Crippen molar-refractivity contribution in [3.05, 3.63) is 30.4 Å². The van der Waals surface area contributed by atoms with Crippen LogP contribution < -0.4 is 0 Å². The lowest BCUT2D eigenvalue weighted by molar-refractivity contribution is 0.303. The Kier molecular flexibility index (Phi) is 3.28. The summed E-state index contributed by atoms with van der Waals surface area (Å²) in [6, 6.07) is 0. The van der Waals surface area contributed by atoms with Gasteiger partial charge in [0.15, 0.2) is 0 Å². The third kappa shape index (κ3) is 2.91. The van der Waals surface area contributed by atoms with Gasteiger partial charge in [-0.05, 0) is 12.5 Å². The second-order valence-corrected chi connectivity index (χ2v) is 2.04. The third-order valence-electron chi connectivity index (χ3n) is 1.17. The first kappa shape index (κ1) is 7.88. The summed E-state index contributed by atoms with van der Waals surface area (Å²) >= 11 is 0. The molecular formula is C8H10N2O. The molecule has 0 spiro atoms. The van der Waals surface area contributed by atoms with Gasteiger partial charge in [0.1, 0.15) is 0 Å². The highest BCUT2D eigenvalue weighted by molar-refractivity contribution is 5.42. The lowest BCUT2D eigenvalue weighted by atomic mass is 10.3. The first-order valence-electron chi connectivity index (χ1n) is 3.47. The molecule has 0 aliphatic heterocycles. The summed E-state index contributed by atoms with van der Waals surface area (Å²) < 4.78 is 0. The Hall–Kier alpha value is -1.22. The third-order valence-corrected chi connectivity index (χ3v) is 1.17. The topological polar surface area (TPSA) is 46.0 Å². The van der Waals surface area contributed by atoms with E-state index in [1.54, 1.807) is 18.6 Å². The molecule has 1 N–H and O–H groups in total. The predicted octanol–water partition coefficient (Wildman–Crippen LogP) is 0.872.